The van der Waals surface area contributed by atoms with E-state index in [1.807, 2.05) is 36.5 Å². The summed E-state index contributed by atoms with van der Waals surface area (Å²) in [6.45, 7) is 6.76. The Labute approximate surface area is 223 Å². The molecule has 0 bridgehead atoms. The number of aromatic amines is 1. The van der Waals surface area contributed by atoms with E-state index < -0.39 is 5.54 Å². The molecule has 2 saturated heterocycles. The molecule has 0 unspecified atom stereocenters. The topological polar surface area (TPSA) is 106 Å². The highest BCUT2D eigenvalue weighted by Gasteiger charge is 2.39. The van der Waals surface area contributed by atoms with Crippen molar-refractivity contribution in [1.29, 1.82) is 0 Å². The number of hydrogen-bond acceptors (Lipinski definition) is 7. The Bertz CT molecular complexity index is 1180. The maximum atomic E-state index is 13.6. The summed E-state index contributed by atoms with van der Waals surface area (Å²) in [4.78, 5) is 32.6. The highest BCUT2D eigenvalue weighted by atomic mass is 35.5. The molecule has 2 aliphatic rings. The Morgan fingerprint density at radius 3 is 2.57 bits per heavy atom. The summed E-state index contributed by atoms with van der Waals surface area (Å²) < 4.78 is 0. The smallest absolute Gasteiger partial charge is 0.240 e. The van der Waals surface area contributed by atoms with Gasteiger partial charge < -0.3 is 30.7 Å². The number of likely N-dealkylation sites (N-methyl/N-ethyl adjacent to an activating group) is 1. The molecule has 4 N–H and O–H groups in total. The molecule has 0 spiro atoms. The third kappa shape index (κ3) is 6.06. The van der Waals surface area contributed by atoms with E-state index in [1.54, 1.807) is 6.33 Å². The molecule has 1 aromatic carbocycles. The molecule has 0 saturated carbocycles. The number of halogens is 1. The zero-order valence-electron chi connectivity index (χ0n) is 21.5. The number of amides is 1. The Morgan fingerprint density at radius 1 is 1.11 bits per heavy atom. The van der Waals surface area contributed by atoms with Crippen molar-refractivity contribution < 1.29 is 4.79 Å². The largest absolute Gasteiger partial charge is 0.356 e. The van der Waals surface area contributed by atoms with Gasteiger partial charge >= 0.3 is 0 Å². The molecule has 198 valence electrons. The number of aromatic nitrogens is 3. The molecule has 0 radical (unpaired) electrons. The zero-order chi connectivity index (χ0) is 25.8. The summed E-state index contributed by atoms with van der Waals surface area (Å²) in [7, 11) is 2.17. The van der Waals surface area contributed by atoms with Crippen LogP contribution in [0.1, 0.15) is 37.3 Å². The van der Waals surface area contributed by atoms with Crippen molar-refractivity contribution in [2.75, 3.05) is 57.8 Å². The highest BCUT2D eigenvalue weighted by molar-refractivity contribution is 6.30. The van der Waals surface area contributed by atoms with Gasteiger partial charge in [0.2, 0.25) is 5.91 Å². The summed E-state index contributed by atoms with van der Waals surface area (Å²) in [5.74, 6) is 0.804. The van der Waals surface area contributed by atoms with Crippen LogP contribution in [0.5, 0.6) is 0 Å². The molecule has 5 rings (SSSR count). The van der Waals surface area contributed by atoms with Gasteiger partial charge in [-0.2, -0.15) is 0 Å². The fourth-order valence-electron chi connectivity index (χ4n) is 5.37. The van der Waals surface area contributed by atoms with E-state index in [1.165, 1.54) is 0 Å². The molecule has 2 aliphatic heterocycles. The van der Waals surface area contributed by atoms with Crippen LogP contribution in [0.4, 0.5) is 5.82 Å². The van der Waals surface area contributed by atoms with Gasteiger partial charge in [-0.15, -0.1) is 0 Å². The molecule has 2 aromatic heterocycles. The number of H-pyrrole nitrogens is 1. The fourth-order valence-corrected chi connectivity index (χ4v) is 5.49. The minimum absolute atomic E-state index is 0.0822. The SMILES string of the molecule is CN1CCN(CCC[C@H](NC(=O)C2(N)CCN(c3ncnc4[nH]ccc34)CC2)c2ccc(Cl)cc2)CC1. The second-order valence-electron chi connectivity index (χ2n) is 10.4. The lowest BCUT2D eigenvalue weighted by atomic mass is 9.86. The number of hydrogen-bond donors (Lipinski definition) is 3. The minimum Gasteiger partial charge on any atom is -0.356 e. The van der Waals surface area contributed by atoms with Crippen LogP contribution in [0, 0.1) is 0 Å². The molecule has 0 aliphatic carbocycles. The van der Waals surface area contributed by atoms with Gasteiger partial charge in [0.15, 0.2) is 0 Å². The van der Waals surface area contributed by atoms with Crippen LogP contribution in [0.25, 0.3) is 11.0 Å². The third-order valence-corrected chi connectivity index (χ3v) is 8.13. The summed E-state index contributed by atoms with van der Waals surface area (Å²) in [6.07, 6.45) is 6.42. The van der Waals surface area contributed by atoms with Gasteiger partial charge in [0, 0.05) is 50.5 Å². The standard InChI is InChI=1S/C27H37ClN8O/c1-34-15-17-35(18-16-34)12-2-3-23(20-4-6-21(28)7-5-20)33-26(37)27(29)9-13-36(14-10-27)25-22-8-11-30-24(22)31-19-32-25/h4-8,11,19,23H,2-3,9-10,12-18,29H2,1H3,(H,33,37)(H,30,31,32)/t23-/m0/s1. The predicted molar refractivity (Wildman–Crippen MR) is 148 cm³/mol. The van der Waals surface area contributed by atoms with Gasteiger partial charge in [0.05, 0.1) is 17.0 Å². The first-order valence-corrected chi connectivity index (χ1v) is 13.6. The van der Waals surface area contributed by atoms with Crippen molar-refractivity contribution in [2.24, 2.45) is 5.73 Å². The number of nitrogens with zero attached hydrogens (tertiary/aromatic N) is 5. The average molecular weight is 525 g/mol. The molecule has 1 amide bonds. The second-order valence-corrected chi connectivity index (χ2v) is 10.9. The van der Waals surface area contributed by atoms with E-state index in [9.17, 15) is 4.79 Å². The Hall–Kier alpha value is -2.72. The van der Waals surface area contributed by atoms with Crippen LogP contribution < -0.4 is 16.0 Å². The molecule has 9 nitrogen and oxygen atoms in total. The molecule has 3 aromatic rings. The normalized spacial score (nSPS) is 19.7. The van der Waals surface area contributed by atoms with Crippen LogP contribution in [0.3, 0.4) is 0 Å². The third-order valence-electron chi connectivity index (χ3n) is 7.88. The Morgan fingerprint density at radius 2 is 1.84 bits per heavy atom. The molecular weight excluding hydrogens is 488 g/mol. The summed E-state index contributed by atoms with van der Waals surface area (Å²) in [6, 6.07) is 9.67. The van der Waals surface area contributed by atoms with Gasteiger partial charge in [-0.3, -0.25) is 4.79 Å². The molecule has 37 heavy (non-hydrogen) atoms. The summed E-state index contributed by atoms with van der Waals surface area (Å²) >= 11 is 6.14. The lowest BCUT2D eigenvalue weighted by Gasteiger charge is -2.39. The van der Waals surface area contributed by atoms with Crippen LogP contribution in [0.2, 0.25) is 5.02 Å². The first kappa shape index (κ1) is 25.9. The van der Waals surface area contributed by atoms with Crippen molar-refractivity contribution in [2.45, 2.75) is 37.3 Å². The molecule has 1 atom stereocenters. The van der Waals surface area contributed by atoms with Gasteiger partial charge in [0.1, 0.15) is 17.8 Å². The predicted octanol–water partition coefficient (Wildman–Crippen LogP) is 2.79. The van der Waals surface area contributed by atoms with Crippen LogP contribution in [-0.2, 0) is 4.79 Å². The van der Waals surface area contributed by atoms with E-state index in [0.29, 0.717) is 31.0 Å². The second kappa shape index (κ2) is 11.3. The van der Waals surface area contributed by atoms with Crippen LogP contribution >= 0.6 is 11.6 Å². The van der Waals surface area contributed by atoms with Crippen LogP contribution in [-0.4, -0.2) is 89.1 Å². The minimum atomic E-state index is -0.914. The lowest BCUT2D eigenvalue weighted by Crippen LogP contribution is -2.60. The number of piperidine rings is 1. The summed E-state index contributed by atoms with van der Waals surface area (Å²) in [5.41, 5.74) is 7.70. The van der Waals surface area contributed by atoms with Crippen molar-refractivity contribution >= 4 is 34.4 Å². The molecule has 2 fully saturated rings. The first-order chi connectivity index (χ1) is 17.9. The van der Waals surface area contributed by atoms with E-state index in [2.05, 4.69) is 42.0 Å². The number of fused-ring (bicyclic) bond motifs is 1. The molecular formula is C27H37ClN8O. The highest BCUT2D eigenvalue weighted by Crippen LogP contribution is 2.29. The monoisotopic (exact) mass is 524 g/mol. The number of anilines is 1. The number of rotatable bonds is 8. The number of carbonyl (C=O) groups is 1. The van der Waals surface area contributed by atoms with Crippen molar-refractivity contribution in [1.82, 2.24) is 30.1 Å². The van der Waals surface area contributed by atoms with Crippen molar-refractivity contribution in [3.63, 3.8) is 0 Å². The van der Waals surface area contributed by atoms with Crippen molar-refractivity contribution in [3.05, 3.63) is 53.4 Å². The first-order valence-electron chi connectivity index (χ1n) is 13.2. The number of piperazine rings is 1. The quantitative estimate of drug-likeness (QED) is 0.416. The summed E-state index contributed by atoms with van der Waals surface area (Å²) in [5, 5.41) is 4.98. The number of carbonyl (C=O) groups excluding carboxylic acids is 1. The van der Waals surface area contributed by atoms with Gasteiger partial charge in [-0.25, -0.2) is 9.97 Å². The van der Waals surface area contributed by atoms with Gasteiger partial charge in [0.25, 0.3) is 0 Å². The van der Waals surface area contributed by atoms with E-state index in [0.717, 1.165) is 68.0 Å². The van der Waals surface area contributed by atoms with Gasteiger partial charge in [-0.05, 0) is 63.0 Å². The van der Waals surface area contributed by atoms with E-state index in [4.69, 9.17) is 17.3 Å². The maximum absolute atomic E-state index is 13.6. The zero-order valence-corrected chi connectivity index (χ0v) is 22.3. The maximum Gasteiger partial charge on any atom is 0.240 e. The number of benzene rings is 1. The van der Waals surface area contributed by atoms with E-state index in [-0.39, 0.29) is 11.9 Å². The van der Waals surface area contributed by atoms with Crippen molar-refractivity contribution in [3.8, 4) is 0 Å². The average Bonchev–Trinajstić information content (AvgIpc) is 3.39. The lowest BCUT2D eigenvalue weighted by molar-refractivity contribution is -0.128. The Kier molecular flexibility index (Phi) is 7.95. The number of nitrogens with one attached hydrogen (secondary N) is 2. The molecule has 4 heterocycles. The number of nitrogens with two attached hydrogens (primary N) is 1. The van der Waals surface area contributed by atoms with Crippen LogP contribution in [0.15, 0.2) is 42.9 Å². The van der Waals surface area contributed by atoms with E-state index >= 15 is 0 Å². The fraction of sp³-hybridized carbons (Fsp3) is 0.519. The molecule has 10 heteroatoms. The van der Waals surface area contributed by atoms with Gasteiger partial charge in [-0.1, -0.05) is 23.7 Å². The Balaban J connectivity index is 1.21.